The first-order valence-corrected chi connectivity index (χ1v) is 9.32. The minimum Gasteiger partial charge on any atom is -0.450 e. The van der Waals surface area contributed by atoms with E-state index in [-0.39, 0.29) is 17.2 Å². The fourth-order valence-corrected chi connectivity index (χ4v) is 3.38. The number of likely N-dealkylation sites (N-methyl/N-ethyl adjacent to an activating group) is 1. The average Bonchev–Trinajstić information content (AvgIpc) is 2.63. The Morgan fingerprint density at radius 1 is 1.04 bits per heavy atom. The Kier molecular flexibility index (Phi) is 5.66. The Labute approximate surface area is 165 Å². The number of amides is 1. The van der Waals surface area contributed by atoms with Crippen LogP contribution in [0.3, 0.4) is 0 Å². The van der Waals surface area contributed by atoms with E-state index in [4.69, 9.17) is 4.42 Å². The standard InChI is InChI=1S/C23H26N2O3/c1-14-6-8-17(9-7-14)19(25(4)5)13-24-23(27)21-12-20(26)18-11-15(2)10-16(3)22(18)28-21/h6-12,19H,13H2,1-5H3,(H,24,27). The molecule has 1 atom stereocenters. The molecular formula is C23H26N2O3. The van der Waals surface area contributed by atoms with Crippen molar-refractivity contribution < 1.29 is 9.21 Å². The zero-order valence-electron chi connectivity index (χ0n) is 17.0. The van der Waals surface area contributed by atoms with E-state index in [0.29, 0.717) is 17.5 Å². The highest BCUT2D eigenvalue weighted by Gasteiger charge is 2.18. The van der Waals surface area contributed by atoms with Gasteiger partial charge in [0.15, 0.2) is 11.2 Å². The van der Waals surface area contributed by atoms with Crippen LogP contribution < -0.4 is 10.7 Å². The number of rotatable bonds is 5. The summed E-state index contributed by atoms with van der Waals surface area (Å²) in [4.78, 5) is 27.2. The number of nitrogens with one attached hydrogen (secondary N) is 1. The lowest BCUT2D eigenvalue weighted by molar-refractivity contribution is 0.0914. The van der Waals surface area contributed by atoms with Crippen LogP contribution in [0.1, 0.15) is 38.9 Å². The Morgan fingerprint density at radius 2 is 1.71 bits per heavy atom. The highest BCUT2D eigenvalue weighted by Crippen LogP contribution is 2.20. The summed E-state index contributed by atoms with van der Waals surface area (Å²) in [6, 6.07) is 13.2. The van der Waals surface area contributed by atoms with Crippen LogP contribution in [-0.2, 0) is 0 Å². The van der Waals surface area contributed by atoms with Gasteiger partial charge < -0.3 is 14.6 Å². The van der Waals surface area contributed by atoms with E-state index in [0.717, 1.165) is 16.7 Å². The fraction of sp³-hybridized carbons (Fsp3) is 0.304. The summed E-state index contributed by atoms with van der Waals surface area (Å²) >= 11 is 0. The molecule has 1 aromatic heterocycles. The van der Waals surface area contributed by atoms with Crippen molar-refractivity contribution in [2.45, 2.75) is 26.8 Å². The van der Waals surface area contributed by atoms with Crippen molar-refractivity contribution in [3.63, 3.8) is 0 Å². The molecule has 0 bridgehead atoms. The molecule has 0 aliphatic rings. The van der Waals surface area contributed by atoms with Gasteiger partial charge in [-0.15, -0.1) is 0 Å². The van der Waals surface area contributed by atoms with Crippen LogP contribution >= 0.6 is 0 Å². The summed E-state index contributed by atoms with van der Waals surface area (Å²) in [5, 5.41) is 3.40. The van der Waals surface area contributed by atoms with Crippen LogP contribution in [0.4, 0.5) is 0 Å². The molecular weight excluding hydrogens is 352 g/mol. The first kappa shape index (κ1) is 19.8. The highest BCUT2D eigenvalue weighted by atomic mass is 16.3. The predicted octanol–water partition coefficient (Wildman–Crippen LogP) is 3.75. The van der Waals surface area contributed by atoms with E-state index in [1.807, 2.05) is 40.9 Å². The van der Waals surface area contributed by atoms with Crippen molar-refractivity contribution in [2.24, 2.45) is 0 Å². The molecule has 28 heavy (non-hydrogen) atoms. The molecule has 0 fully saturated rings. The van der Waals surface area contributed by atoms with Gasteiger partial charge in [-0.2, -0.15) is 0 Å². The summed E-state index contributed by atoms with van der Waals surface area (Å²) in [6.45, 7) is 6.25. The third-order valence-electron chi connectivity index (χ3n) is 4.92. The molecule has 1 amide bonds. The molecule has 0 spiro atoms. The van der Waals surface area contributed by atoms with E-state index in [2.05, 4.69) is 34.5 Å². The molecule has 5 nitrogen and oxygen atoms in total. The first-order valence-electron chi connectivity index (χ1n) is 9.32. The van der Waals surface area contributed by atoms with Gasteiger partial charge in [0.2, 0.25) is 0 Å². The van der Waals surface area contributed by atoms with Gasteiger partial charge in [-0.05, 0) is 57.6 Å². The molecule has 0 saturated carbocycles. The normalized spacial score (nSPS) is 12.4. The summed E-state index contributed by atoms with van der Waals surface area (Å²) < 4.78 is 5.78. The lowest BCUT2D eigenvalue weighted by Crippen LogP contribution is -2.34. The fourth-order valence-electron chi connectivity index (χ4n) is 3.38. The maximum absolute atomic E-state index is 12.7. The highest BCUT2D eigenvalue weighted by molar-refractivity contribution is 5.93. The lowest BCUT2D eigenvalue weighted by Gasteiger charge is -2.25. The Hall–Kier alpha value is -2.92. The minimum absolute atomic E-state index is 0.0149. The number of nitrogens with zero attached hydrogens (tertiary/aromatic N) is 1. The number of benzene rings is 2. The SMILES string of the molecule is Cc1ccc(C(CNC(=O)c2cc(=O)c3cc(C)cc(C)c3o2)N(C)C)cc1. The first-order chi connectivity index (χ1) is 13.3. The summed E-state index contributed by atoms with van der Waals surface area (Å²) in [5.41, 5.74) is 4.39. The second kappa shape index (κ2) is 7.98. The molecule has 5 heteroatoms. The molecule has 1 heterocycles. The van der Waals surface area contributed by atoms with Gasteiger partial charge in [-0.3, -0.25) is 9.59 Å². The van der Waals surface area contributed by atoms with Crippen LogP contribution in [0.2, 0.25) is 0 Å². The zero-order chi connectivity index (χ0) is 20.4. The van der Waals surface area contributed by atoms with Crippen molar-refractivity contribution in [3.8, 4) is 0 Å². The molecule has 1 unspecified atom stereocenters. The molecule has 2 aromatic carbocycles. The van der Waals surface area contributed by atoms with E-state index < -0.39 is 5.91 Å². The van der Waals surface area contributed by atoms with Gasteiger partial charge in [0, 0.05) is 12.6 Å². The van der Waals surface area contributed by atoms with Crippen LogP contribution in [0, 0.1) is 20.8 Å². The summed E-state index contributed by atoms with van der Waals surface area (Å²) in [6.07, 6.45) is 0. The molecule has 3 rings (SSSR count). The maximum Gasteiger partial charge on any atom is 0.287 e. The molecule has 0 radical (unpaired) electrons. The number of carbonyl (C=O) groups is 1. The van der Waals surface area contributed by atoms with E-state index >= 15 is 0 Å². The number of hydrogen-bond donors (Lipinski definition) is 1. The molecule has 0 aliphatic heterocycles. The quantitative estimate of drug-likeness (QED) is 0.734. The number of carbonyl (C=O) groups excluding carboxylic acids is 1. The van der Waals surface area contributed by atoms with Crippen LogP contribution in [0.15, 0.2) is 51.7 Å². The molecule has 0 saturated heterocycles. The Balaban J connectivity index is 1.84. The topological polar surface area (TPSA) is 62.6 Å². The number of fused-ring (bicyclic) bond motifs is 1. The summed E-state index contributed by atoms with van der Waals surface area (Å²) in [5.74, 6) is -0.358. The lowest BCUT2D eigenvalue weighted by atomic mass is 10.0. The van der Waals surface area contributed by atoms with Crippen molar-refractivity contribution in [2.75, 3.05) is 20.6 Å². The Bertz CT molecular complexity index is 1070. The van der Waals surface area contributed by atoms with Gasteiger partial charge in [-0.25, -0.2) is 0 Å². The van der Waals surface area contributed by atoms with Gasteiger partial charge in [0.05, 0.1) is 11.4 Å². The Morgan fingerprint density at radius 3 is 2.36 bits per heavy atom. The third-order valence-corrected chi connectivity index (χ3v) is 4.92. The molecule has 1 N–H and O–H groups in total. The zero-order valence-corrected chi connectivity index (χ0v) is 17.0. The monoisotopic (exact) mass is 378 g/mol. The third kappa shape index (κ3) is 4.15. The van der Waals surface area contributed by atoms with E-state index in [1.165, 1.54) is 11.6 Å². The summed E-state index contributed by atoms with van der Waals surface area (Å²) in [7, 11) is 3.94. The van der Waals surface area contributed by atoms with Crippen LogP contribution in [0.5, 0.6) is 0 Å². The predicted molar refractivity (Wildman–Crippen MR) is 112 cm³/mol. The van der Waals surface area contributed by atoms with Crippen molar-refractivity contribution in [1.29, 1.82) is 0 Å². The van der Waals surface area contributed by atoms with Gasteiger partial charge in [0.1, 0.15) is 5.58 Å². The van der Waals surface area contributed by atoms with Crippen molar-refractivity contribution in [1.82, 2.24) is 10.2 Å². The van der Waals surface area contributed by atoms with Gasteiger partial charge in [0.25, 0.3) is 5.91 Å². The second-order valence-corrected chi connectivity index (χ2v) is 7.53. The van der Waals surface area contributed by atoms with Crippen LogP contribution in [0.25, 0.3) is 11.0 Å². The van der Waals surface area contributed by atoms with E-state index in [1.54, 1.807) is 6.07 Å². The van der Waals surface area contributed by atoms with E-state index in [9.17, 15) is 9.59 Å². The maximum atomic E-state index is 12.7. The smallest absolute Gasteiger partial charge is 0.287 e. The van der Waals surface area contributed by atoms with Crippen molar-refractivity contribution >= 4 is 16.9 Å². The minimum atomic E-state index is -0.391. The van der Waals surface area contributed by atoms with Crippen LogP contribution in [-0.4, -0.2) is 31.4 Å². The largest absolute Gasteiger partial charge is 0.450 e. The van der Waals surface area contributed by atoms with Gasteiger partial charge in [-0.1, -0.05) is 35.9 Å². The molecule has 3 aromatic rings. The number of aryl methyl sites for hydroxylation is 3. The van der Waals surface area contributed by atoms with Gasteiger partial charge >= 0.3 is 0 Å². The average molecular weight is 378 g/mol. The molecule has 0 aliphatic carbocycles. The van der Waals surface area contributed by atoms with Crippen molar-refractivity contribution in [3.05, 3.63) is 80.7 Å². The second-order valence-electron chi connectivity index (χ2n) is 7.53. The number of hydrogen-bond acceptors (Lipinski definition) is 4. The molecule has 146 valence electrons.